The quantitative estimate of drug-likeness (QED) is 0.202. The molecule has 2 aromatic carbocycles. The Morgan fingerprint density at radius 1 is 1.11 bits per heavy atom. The van der Waals surface area contributed by atoms with Crippen LogP contribution >= 0.6 is 23.4 Å². The van der Waals surface area contributed by atoms with Crippen molar-refractivity contribution in [1.82, 2.24) is 15.1 Å². The van der Waals surface area contributed by atoms with E-state index in [1.165, 1.54) is 18.1 Å². The molecule has 0 radical (unpaired) electrons. The van der Waals surface area contributed by atoms with Gasteiger partial charge in [0.15, 0.2) is 17.3 Å². The number of alkyl halides is 1. The summed E-state index contributed by atoms with van der Waals surface area (Å²) in [6.45, 7) is 6.37. The Labute approximate surface area is 217 Å². The van der Waals surface area contributed by atoms with Crippen molar-refractivity contribution in [3.63, 3.8) is 0 Å². The Morgan fingerprint density at radius 3 is 2.67 bits per heavy atom. The van der Waals surface area contributed by atoms with Gasteiger partial charge in [-0.1, -0.05) is 43.8 Å². The highest BCUT2D eigenvalue weighted by Gasteiger charge is 2.20. The molecule has 2 heterocycles. The molecular weight excluding hydrogens is 502 g/mol. The van der Waals surface area contributed by atoms with Crippen molar-refractivity contribution < 1.29 is 18.8 Å². The molecule has 0 atom stereocenters. The van der Waals surface area contributed by atoms with Crippen molar-refractivity contribution in [2.75, 3.05) is 30.2 Å². The summed E-state index contributed by atoms with van der Waals surface area (Å²) in [7, 11) is 1.58. The minimum atomic E-state index is -0.424. The molecule has 188 valence electrons. The minimum absolute atomic E-state index is 0.206. The number of nitrogens with zero attached hydrogens (tertiary/aromatic N) is 3. The third-order valence-electron chi connectivity index (χ3n) is 5.02. The number of carbonyl (C=O) groups is 1. The fourth-order valence-electron chi connectivity index (χ4n) is 3.26. The second-order valence-corrected chi connectivity index (χ2v) is 10.2. The van der Waals surface area contributed by atoms with Crippen molar-refractivity contribution in [2.45, 2.75) is 36.1 Å². The molecule has 4 aromatic rings. The molecule has 0 saturated carbocycles. The van der Waals surface area contributed by atoms with Gasteiger partial charge in [-0.05, 0) is 24.3 Å². The molecule has 4 rings (SSSR count). The third-order valence-corrected chi connectivity index (χ3v) is 6.18. The summed E-state index contributed by atoms with van der Waals surface area (Å²) in [4.78, 5) is 22.2. The number of fused-ring (bicyclic) bond motifs is 1. The molecule has 36 heavy (non-hydrogen) atoms. The Hall–Kier alpha value is -3.50. The first kappa shape index (κ1) is 25.6. The highest BCUT2D eigenvalue weighted by molar-refractivity contribution is 7.99. The number of aromatic nitrogens is 3. The molecule has 0 aliphatic carbocycles. The fraction of sp³-hybridized carbons (Fsp3) is 0.280. The number of nitrogens with one attached hydrogen (secondary N) is 2. The number of amides is 2. The van der Waals surface area contributed by atoms with Crippen LogP contribution in [0.4, 0.5) is 16.3 Å². The molecule has 0 unspecified atom stereocenters. The first-order valence-electron chi connectivity index (χ1n) is 11.1. The molecule has 0 bridgehead atoms. The summed E-state index contributed by atoms with van der Waals surface area (Å²) in [5.41, 5.74) is 1.13. The van der Waals surface area contributed by atoms with Gasteiger partial charge < -0.3 is 19.3 Å². The molecule has 0 spiro atoms. The third kappa shape index (κ3) is 6.19. The van der Waals surface area contributed by atoms with Gasteiger partial charge in [0.25, 0.3) is 0 Å². The second-order valence-electron chi connectivity index (χ2n) is 8.77. The predicted molar refractivity (Wildman–Crippen MR) is 141 cm³/mol. The number of urea groups is 1. The lowest BCUT2D eigenvalue weighted by atomic mass is 9.93. The van der Waals surface area contributed by atoms with E-state index in [2.05, 4.69) is 25.8 Å². The van der Waals surface area contributed by atoms with Crippen LogP contribution in [0, 0.1) is 0 Å². The number of hydrogen-bond donors (Lipinski definition) is 2. The van der Waals surface area contributed by atoms with E-state index in [-0.39, 0.29) is 5.41 Å². The Morgan fingerprint density at radius 2 is 1.94 bits per heavy atom. The van der Waals surface area contributed by atoms with Gasteiger partial charge in [0.1, 0.15) is 23.7 Å². The van der Waals surface area contributed by atoms with Crippen LogP contribution < -0.4 is 20.1 Å². The van der Waals surface area contributed by atoms with Crippen LogP contribution in [0.2, 0.25) is 0 Å². The maximum absolute atomic E-state index is 12.5. The first-order chi connectivity index (χ1) is 17.3. The average Bonchev–Trinajstić information content (AvgIpc) is 3.31. The molecule has 9 nitrogen and oxygen atoms in total. The molecule has 0 aliphatic heterocycles. The van der Waals surface area contributed by atoms with E-state index < -0.39 is 6.03 Å². The van der Waals surface area contributed by atoms with Gasteiger partial charge in [-0.25, -0.2) is 14.8 Å². The smallest absolute Gasteiger partial charge is 0.324 e. The van der Waals surface area contributed by atoms with E-state index in [0.717, 1.165) is 20.8 Å². The summed E-state index contributed by atoms with van der Waals surface area (Å²) < 4.78 is 16.5. The molecule has 11 heteroatoms. The molecule has 2 aromatic heterocycles. The zero-order valence-corrected chi connectivity index (χ0v) is 21.9. The fourth-order valence-corrected chi connectivity index (χ4v) is 4.26. The van der Waals surface area contributed by atoms with Gasteiger partial charge in [-0.15, -0.1) is 11.6 Å². The van der Waals surface area contributed by atoms with E-state index in [1.54, 1.807) is 19.2 Å². The van der Waals surface area contributed by atoms with E-state index in [4.69, 9.17) is 25.6 Å². The van der Waals surface area contributed by atoms with Gasteiger partial charge in [0.2, 0.25) is 0 Å². The van der Waals surface area contributed by atoms with Crippen molar-refractivity contribution in [3.05, 3.63) is 54.6 Å². The van der Waals surface area contributed by atoms with Crippen LogP contribution in [0.1, 0.15) is 26.5 Å². The molecule has 2 amide bonds. The number of carbonyl (C=O) groups excluding carboxylic acids is 1. The lowest BCUT2D eigenvalue weighted by Gasteiger charge is -2.12. The van der Waals surface area contributed by atoms with E-state index in [0.29, 0.717) is 41.3 Å². The van der Waals surface area contributed by atoms with Crippen LogP contribution in [0.15, 0.2) is 63.2 Å². The van der Waals surface area contributed by atoms with Gasteiger partial charge in [0, 0.05) is 33.5 Å². The van der Waals surface area contributed by atoms with Crippen LogP contribution in [0.25, 0.3) is 10.9 Å². The highest BCUT2D eigenvalue weighted by atomic mass is 35.5. The lowest BCUT2D eigenvalue weighted by molar-refractivity contribution is 0.262. The normalized spacial score (nSPS) is 11.4. The molecule has 2 N–H and O–H groups in total. The molecule has 0 aliphatic rings. The number of hydrogen-bond acceptors (Lipinski definition) is 8. The topological polar surface area (TPSA) is 111 Å². The van der Waals surface area contributed by atoms with Crippen LogP contribution in [-0.2, 0) is 5.41 Å². The Kier molecular flexibility index (Phi) is 7.85. The Balaban J connectivity index is 1.50. The first-order valence-corrected chi connectivity index (χ1v) is 12.5. The maximum atomic E-state index is 12.5. The average molecular weight is 528 g/mol. The van der Waals surface area contributed by atoms with Crippen LogP contribution in [0.5, 0.6) is 11.5 Å². The van der Waals surface area contributed by atoms with Crippen molar-refractivity contribution in [2.24, 2.45) is 0 Å². The zero-order chi connectivity index (χ0) is 25.7. The van der Waals surface area contributed by atoms with Gasteiger partial charge in [0.05, 0.1) is 18.5 Å². The number of anilines is 2. The summed E-state index contributed by atoms with van der Waals surface area (Å²) in [5.74, 6) is 2.52. The summed E-state index contributed by atoms with van der Waals surface area (Å²) in [6.07, 6.45) is 1.50. The number of ether oxygens (including phenoxy) is 2. The predicted octanol–water partition coefficient (Wildman–Crippen LogP) is 6.34. The minimum Gasteiger partial charge on any atom is -0.493 e. The van der Waals surface area contributed by atoms with Crippen molar-refractivity contribution in [3.8, 4) is 11.5 Å². The van der Waals surface area contributed by atoms with Crippen molar-refractivity contribution >= 4 is 51.8 Å². The Bertz CT molecular complexity index is 1370. The SMILES string of the molecule is COc1cc2ncnc(Sc3cccc(NC(=O)Nc4cc(C(C)(C)C)on4)c3)c2cc1OCCCl. The van der Waals surface area contributed by atoms with E-state index in [1.807, 2.05) is 51.1 Å². The van der Waals surface area contributed by atoms with Crippen molar-refractivity contribution in [1.29, 1.82) is 0 Å². The number of benzene rings is 2. The van der Waals surface area contributed by atoms with Gasteiger partial charge in [-0.2, -0.15) is 0 Å². The number of rotatable bonds is 8. The van der Waals surface area contributed by atoms with Crippen LogP contribution in [0.3, 0.4) is 0 Å². The monoisotopic (exact) mass is 527 g/mol. The van der Waals surface area contributed by atoms with Gasteiger partial charge in [-0.3, -0.25) is 5.32 Å². The lowest BCUT2D eigenvalue weighted by Crippen LogP contribution is -2.19. The summed E-state index contributed by atoms with van der Waals surface area (Å²) in [6, 6.07) is 12.4. The highest BCUT2D eigenvalue weighted by Crippen LogP contribution is 2.37. The second kappa shape index (κ2) is 11.0. The maximum Gasteiger partial charge on any atom is 0.324 e. The largest absolute Gasteiger partial charge is 0.493 e. The number of halogens is 1. The summed E-state index contributed by atoms with van der Waals surface area (Å²) in [5, 5.41) is 11.0. The summed E-state index contributed by atoms with van der Waals surface area (Å²) >= 11 is 7.22. The number of methoxy groups -OCH3 is 1. The van der Waals surface area contributed by atoms with Crippen LogP contribution in [-0.4, -0.2) is 40.8 Å². The van der Waals surface area contributed by atoms with E-state index >= 15 is 0 Å². The van der Waals surface area contributed by atoms with E-state index in [9.17, 15) is 4.79 Å². The molecule has 0 fully saturated rings. The standard InChI is InChI=1S/C25H26ClN5O4S/c1-25(2,3)21-13-22(31-35-21)30-24(32)29-15-6-5-7-16(10-15)36-23-17-11-20(34-9-8-26)19(33-4)12-18(17)27-14-28-23/h5-7,10-14H,8-9H2,1-4H3,(H2,29,30,31,32). The zero-order valence-electron chi connectivity index (χ0n) is 20.3. The molecular formula is C25H26ClN5O4S. The molecule has 0 saturated heterocycles. The van der Waals surface area contributed by atoms with Gasteiger partial charge >= 0.3 is 6.03 Å².